The molecule has 2 heterocycles. The van der Waals surface area contributed by atoms with E-state index in [1.54, 1.807) is 23.5 Å². The van der Waals surface area contributed by atoms with Gasteiger partial charge >= 0.3 is 0 Å². The van der Waals surface area contributed by atoms with Crippen molar-refractivity contribution >= 4 is 15.9 Å². The Morgan fingerprint density at radius 3 is 2.36 bits per heavy atom. The summed E-state index contributed by atoms with van der Waals surface area (Å²) in [5.74, 6) is 0.740. The van der Waals surface area contributed by atoms with Gasteiger partial charge in [-0.05, 0) is 41.3 Å². The molecule has 3 aromatic carbocycles. The predicted octanol–water partition coefficient (Wildman–Crippen LogP) is 3.57. The van der Waals surface area contributed by atoms with Crippen LogP contribution in [-0.2, 0) is 33.3 Å². The van der Waals surface area contributed by atoms with Gasteiger partial charge in [-0.15, -0.1) is 0 Å². The highest BCUT2D eigenvalue weighted by Crippen LogP contribution is 2.50. The molecule has 2 aliphatic heterocycles. The van der Waals surface area contributed by atoms with Gasteiger partial charge in [-0.2, -0.15) is 4.31 Å². The fourth-order valence-corrected chi connectivity index (χ4v) is 7.05. The standard InChI is InChI=1S/C26H26N2O4S/c1-32-22-13-11-21(12-14-22)18-28-26(23-9-5-6-10-24(23)33(28,30)31)15-16-27(19-26)25(29)17-20-7-3-2-4-8-20/h2-14H,15-19H2,1H3/t26-/m1/s1. The summed E-state index contributed by atoms with van der Waals surface area (Å²) in [5.41, 5.74) is 1.86. The first-order valence-corrected chi connectivity index (χ1v) is 12.4. The van der Waals surface area contributed by atoms with E-state index in [1.807, 2.05) is 71.6 Å². The van der Waals surface area contributed by atoms with Gasteiger partial charge in [0.05, 0.1) is 24.0 Å². The Bertz CT molecular complexity index is 1280. The summed E-state index contributed by atoms with van der Waals surface area (Å²) in [6, 6.07) is 24.3. The van der Waals surface area contributed by atoms with Crippen LogP contribution in [0, 0.1) is 0 Å². The quantitative estimate of drug-likeness (QED) is 0.582. The average Bonchev–Trinajstić information content (AvgIpc) is 3.36. The molecule has 1 fully saturated rings. The second-order valence-corrected chi connectivity index (χ2v) is 10.4. The van der Waals surface area contributed by atoms with Crippen LogP contribution in [0.15, 0.2) is 83.8 Å². The third-order valence-electron chi connectivity index (χ3n) is 6.72. The first-order chi connectivity index (χ1) is 15.9. The summed E-state index contributed by atoms with van der Waals surface area (Å²) >= 11 is 0. The summed E-state index contributed by atoms with van der Waals surface area (Å²) < 4.78 is 34.1. The molecular weight excluding hydrogens is 436 g/mol. The Labute approximate surface area is 194 Å². The van der Waals surface area contributed by atoms with E-state index in [2.05, 4.69) is 0 Å². The second-order valence-electron chi connectivity index (χ2n) is 8.62. The first kappa shape index (κ1) is 21.7. The third kappa shape index (κ3) is 3.71. The van der Waals surface area contributed by atoms with Crippen LogP contribution in [0.5, 0.6) is 5.75 Å². The van der Waals surface area contributed by atoms with E-state index in [9.17, 15) is 13.2 Å². The molecule has 0 unspecified atom stereocenters. The lowest BCUT2D eigenvalue weighted by molar-refractivity contribution is -0.129. The number of amides is 1. The Kier molecular flexibility index (Phi) is 5.46. The molecule has 0 saturated carbocycles. The van der Waals surface area contributed by atoms with Crippen molar-refractivity contribution in [2.24, 2.45) is 0 Å². The molecular formula is C26H26N2O4S. The summed E-state index contributed by atoms with van der Waals surface area (Å²) in [4.78, 5) is 15.3. The van der Waals surface area contributed by atoms with Crippen LogP contribution in [0.2, 0.25) is 0 Å². The molecule has 0 radical (unpaired) electrons. The highest BCUT2D eigenvalue weighted by atomic mass is 32.2. The van der Waals surface area contributed by atoms with Crippen molar-refractivity contribution < 1.29 is 17.9 Å². The number of nitrogens with zero attached hydrogens (tertiary/aromatic N) is 2. The topological polar surface area (TPSA) is 66.9 Å². The van der Waals surface area contributed by atoms with Crippen molar-refractivity contribution in [1.82, 2.24) is 9.21 Å². The lowest BCUT2D eigenvalue weighted by atomic mass is 9.88. The zero-order valence-electron chi connectivity index (χ0n) is 18.5. The summed E-state index contributed by atoms with van der Waals surface area (Å²) in [6.45, 7) is 1.11. The van der Waals surface area contributed by atoms with Gasteiger partial charge in [-0.1, -0.05) is 60.7 Å². The molecule has 0 aliphatic carbocycles. The molecule has 0 bridgehead atoms. The maximum Gasteiger partial charge on any atom is 0.244 e. The summed E-state index contributed by atoms with van der Waals surface area (Å²) in [5, 5.41) is 0. The zero-order chi connectivity index (χ0) is 23.1. The van der Waals surface area contributed by atoms with Gasteiger partial charge in [-0.3, -0.25) is 4.79 Å². The monoisotopic (exact) mass is 462 g/mol. The van der Waals surface area contributed by atoms with Crippen molar-refractivity contribution in [3.63, 3.8) is 0 Å². The number of carbonyl (C=O) groups is 1. The molecule has 5 rings (SSSR count). The maximum absolute atomic E-state index is 13.6. The van der Waals surface area contributed by atoms with E-state index >= 15 is 0 Å². The minimum absolute atomic E-state index is 0.0178. The largest absolute Gasteiger partial charge is 0.497 e. The lowest BCUT2D eigenvalue weighted by Gasteiger charge is -2.34. The third-order valence-corrected chi connectivity index (χ3v) is 8.69. The van der Waals surface area contributed by atoms with Crippen molar-refractivity contribution in [2.75, 3.05) is 20.2 Å². The number of fused-ring (bicyclic) bond motifs is 2. The van der Waals surface area contributed by atoms with Gasteiger partial charge in [0.15, 0.2) is 0 Å². The van der Waals surface area contributed by atoms with Gasteiger partial charge < -0.3 is 9.64 Å². The molecule has 1 saturated heterocycles. The van der Waals surface area contributed by atoms with E-state index < -0.39 is 15.6 Å². The molecule has 33 heavy (non-hydrogen) atoms. The van der Waals surface area contributed by atoms with Crippen LogP contribution in [0.3, 0.4) is 0 Å². The van der Waals surface area contributed by atoms with Crippen molar-refractivity contribution in [3.05, 3.63) is 95.6 Å². The van der Waals surface area contributed by atoms with Gasteiger partial charge in [0.25, 0.3) is 0 Å². The molecule has 3 aromatic rings. The minimum Gasteiger partial charge on any atom is -0.497 e. The minimum atomic E-state index is -3.70. The number of sulfonamides is 1. The van der Waals surface area contributed by atoms with Crippen LogP contribution in [0.4, 0.5) is 0 Å². The van der Waals surface area contributed by atoms with E-state index in [0.29, 0.717) is 30.8 Å². The Morgan fingerprint density at radius 1 is 0.939 bits per heavy atom. The number of carbonyl (C=O) groups excluding carboxylic acids is 1. The molecule has 7 heteroatoms. The van der Waals surface area contributed by atoms with Crippen LogP contribution in [0.1, 0.15) is 23.1 Å². The van der Waals surface area contributed by atoms with E-state index in [1.165, 1.54) is 0 Å². The van der Waals surface area contributed by atoms with Gasteiger partial charge in [0.1, 0.15) is 5.75 Å². The number of likely N-dealkylation sites (tertiary alicyclic amines) is 1. The van der Waals surface area contributed by atoms with Crippen LogP contribution < -0.4 is 4.74 Å². The first-order valence-electron chi connectivity index (χ1n) is 11.0. The number of benzene rings is 3. The molecule has 170 valence electrons. The molecule has 0 N–H and O–H groups in total. The molecule has 2 aliphatic rings. The van der Waals surface area contributed by atoms with Crippen LogP contribution in [-0.4, -0.2) is 43.7 Å². The van der Waals surface area contributed by atoms with E-state index in [-0.39, 0.29) is 12.5 Å². The van der Waals surface area contributed by atoms with Crippen LogP contribution in [0.25, 0.3) is 0 Å². The Hall–Kier alpha value is -3.16. The Morgan fingerprint density at radius 2 is 1.64 bits per heavy atom. The molecule has 1 spiro atoms. The van der Waals surface area contributed by atoms with Gasteiger partial charge in [0.2, 0.25) is 15.9 Å². The van der Waals surface area contributed by atoms with Gasteiger partial charge in [-0.25, -0.2) is 8.42 Å². The van der Waals surface area contributed by atoms with Crippen molar-refractivity contribution in [1.29, 1.82) is 0 Å². The highest BCUT2D eigenvalue weighted by Gasteiger charge is 2.57. The molecule has 6 nitrogen and oxygen atoms in total. The number of hydrogen-bond acceptors (Lipinski definition) is 4. The number of rotatable bonds is 5. The Balaban J connectivity index is 1.48. The normalized spacial score (nSPS) is 21.3. The number of ether oxygens (including phenoxy) is 1. The summed E-state index contributed by atoms with van der Waals surface area (Å²) in [6.07, 6.45) is 0.879. The average molecular weight is 463 g/mol. The van der Waals surface area contributed by atoms with E-state index in [4.69, 9.17) is 4.74 Å². The SMILES string of the molecule is COc1ccc(CN2[C@@]3(CCN(C(=O)Cc4ccccc4)C3)c3ccccc3S2(=O)=O)cc1. The zero-order valence-corrected chi connectivity index (χ0v) is 19.3. The lowest BCUT2D eigenvalue weighted by Crippen LogP contribution is -2.46. The van der Waals surface area contributed by atoms with Crippen molar-refractivity contribution in [2.45, 2.75) is 29.8 Å². The molecule has 0 aromatic heterocycles. The fraction of sp³-hybridized carbons (Fsp3) is 0.269. The molecule has 1 atom stereocenters. The maximum atomic E-state index is 13.6. The molecule has 1 amide bonds. The number of methoxy groups -OCH3 is 1. The smallest absolute Gasteiger partial charge is 0.244 e. The fourth-order valence-electron chi connectivity index (χ4n) is 5.00. The second kappa shape index (κ2) is 8.32. The highest BCUT2D eigenvalue weighted by molar-refractivity contribution is 7.89. The van der Waals surface area contributed by atoms with Gasteiger partial charge in [0, 0.05) is 19.6 Å². The summed E-state index contributed by atoms with van der Waals surface area (Å²) in [7, 11) is -2.09. The van der Waals surface area contributed by atoms with E-state index in [0.717, 1.165) is 22.4 Å². The van der Waals surface area contributed by atoms with Crippen LogP contribution >= 0.6 is 0 Å². The number of hydrogen-bond donors (Lipinski definition) is 0. The predicted molar refractivity (Wildman–Crippen MR) is 125 cm³/mol. The van der Waals surface area contributed by atoms with Crippen molar-refractivity contribution in [3.8, 4) is 5.75 Å².